The summed E-state index contributed by atoms with van der Waals surface area (Å²) in [7, 11) is 1.60. The van der Waals surface area contributed by atoms with Crippen molar-refractivity contribution in [1.29, 1.82) is 0 Å². The van der Waals surface area contributed by atoms with E-state index in [0.717, 1.165) is 11.3 Å². The predicted molar refractivity (Wildman–Crippen MR) is 66.1 cm³/mol. The first-order valence-corrected chi connectivity index (χ1v) is 6.10. The Balaban J connectivity index is 2.53. The molecule has 3 nitrogen and oxygen atoms in total. The average Bonchev–Trinajstić information content (AvgIpc) is 2.76. The second kappa shape index (κ2) is 4.89. The molecule has 0 saturated heterocycles. The van der Waals surface area contributed by atoms with Gasteiger partial charge in [-0.1, -0.05) is 38.8 Å². The molecule has 84 valence electrons. The third-order valence-corrected chi connectivity index (χ3v) is 3.01. The summed E-state index contributed by atoms with van der Waals surface area (Å²) in [6, 6.07) is 7.29. The maximum Gasteiger partial charge on any atom is 0.147 e. The standard InChI is InChI=1S/C11H9BrClNO2/c1-15-10-4-2-3-8(13)11(10)9-5-7(6-12)16-14-9/h2-5H,6H2,1H3. The van der Waals surface area contributed by atoms with E-state index in [-0.39, 0.29) is 0 Å². The van der Waals surface area contributed by atoms with Crippen LogP contribution in [0.4, 0.5) is 0 Å². The molecule has 0 saturated carbocycles. The highest BCUT2D eigenvalue weighted by molar-refractivity contribution is 9.08. The first-order valence-electron chi connectivity index (χ1n) is 4.60. The van der Waals surface area contributed by atoms with Gasteiger partial charge in [-0.25, -0.2) is 0 Å². The van der Waals surface area contributed by atoms with Crippen LogP contribution in [0.2, 0.25) is 5.02 Å². The Morgan fingerprint density at radius 1 is 1.50 bits per heavy atom. The van der Waals surface area contributed by atoms with Crippen molar-refractivity contribution in [1.82, 2.24) is 5.16 Å². The van der Waals surface area contributed by atoms with E-state index >= 15 is 0 Å². The molecule has 0 unspecified atom stereocenters. The molecule has 0 atom stereocenters. The Hall–Kier alpha value is -1.00. The molecule has 1 heterocycles. The number of hydrogen-bond acceptors (Lipinski definition) is 3. The largest absolute Gasteiger partial charge is 0.496 e. The summed E-state index contributed by atoms with van der Waals surface area (Å²) in [5.74, 6) is 1.43. The molecule has 0 aliphatic rings. The number of rotatable bonds is 3. The summed E-state index contributed by atoms with van der Waals surface area (Å²) >= 11 is 9.42. The number of nitrogens with zero attached hydrogens (tertiary/aromatic N) is 1. The third kappa shape index (κ3) is 2.08. The molecule has 1 aromatic heterocycles. The highest BCUT2D eigenvalue weighted by Crippen LogP contribution is 2.35. The van der Waals surface area contributed by atoms with Gasteiger partial charge in [0.1, 0.15) is 17.2 Å². The van der Waals surface area contributed by atoms with Crippen molar-refractivity contribution in [2.45, 2.75) is 5.33 Å². The van der Waals surface area contributed by atoms with Crippen LogP contribution in [-0.2, 0) is 5.33 Å². The molecule has 0 spiro atoms. The Labute approximate surface area is 106 Å². The fourth-order valence-corrected chi connectivity index (χ4v) is 1.94. The number of hydrogen-bond donors (Lipinski definition) is 0. The second-order valence-electron chi connectivity index (χ2n) is 3.13. The zero-order chi connectivity index (χ0) is 11.5. The Morgan fingerprint density at radius 3 is 2.94 bits per heavy atom. The smallest absolute Gasteiger partial charge is 0.147 e. The van der Waals surface area contributed by atoms with Crippen molar-refractivity contribution in [3.63, 3.8) is 0 Å². The number of benzene rings is 1. The number of methoxy groups -OCH3 is 1. The van der Waals surface area contributed by atoms with Crippen LogP contribution in [0, 0.1) is 0 Å². The van der Waals surface area contributed by atoms with E-state index in [2.05, 4.69) is 21.1 Å². The zero-order valence-corrected chi connectivity index (χ0v) is 10.9. The maximum atomic E-state index is 6.12. The molecule has 0 aliphatic heterocycles. The summed E-state index contributed by atoms with van der Waals surface area (Å²) < 4.78 is 10.4. The molecule has 0 amide bonds. The summed E-state index contributed by atoms with van der Waals surface area (Å²) in [5.41, 5.74) is 1.43. The minimum atomic E-state index is 0.591. The van der Waals surface area contributed by atoms with Crippen LogP contribution in [0.1, 0.15) is 5.76 Å². The van der Waals surface area contributed by atoms with Crippen LogP contribution in [0.25, 0.3) is 11.3 Å². The van der Waals surface area contributed by atoms with Crippen molar-refractivity contribution in [3.05, 3.63) is 35.0 Å². The average molecular weight is 303 g/mol. The van der Waals surface area contributed by atoms with E-state index in [1.165, 1.54) is 0 Å². The van der Waals surface area contributed by atoms with Gasteiger partial charge in [0.15, 0.2) is 0 Å². The van der Waals surface area contributed by atoms with Gasteiger partial charge < -0.3 is 9.26 Å². The van der Waals surface area contributed by atoms with Crippen LogP contribution in [0.5, 0.6) is 5.75 Å². The van der Waals surface area contributed by atoms with Crippen LogP contribution in [0.3, 0.4) is 0 Å². The molecule has 2 aromatic rings. The van der Waals surface area contributed by atoms with Gasteiger partial charge in [0.2, 0.25) is 0 Å². The van der Waals surface area contributed by atoms with Crippen molar-refractivity contribution in [3.8, 4) is 17.0 Å². The quantitative estimate of drug-likeness (QED) is 0.807. The maximum absolute atomic E-state index is 6.12. The van der Waals surface area contributed by atoms with Gasteiger partial charge >= 0.3 is 0 Å². The van der Waals surface area contributed by atoms with Gasteiger partial charge in [-0.15, -0.1) is 0 Å². The summed E-state index contributed by atoms with van der Waals surface area (Å²) in [4.78, 5) is 0. The summed E-state index contributed by atoms with van der Waals surface area (Å²) in [6.45, 7) is 0. The molecule has 5 heteroatoms. The van der Waals surface area contributed by atoms with Crippen LogP contribution in [0.15, 0.2) is 28.8 Å². The fourth-order valence-electron chi connectivity index (χ4n) is 1.42. The predicted octanol–water partition coefficient (Wildman–Crippen LogP) is 3.90. The van der Waals surface area contributed by atoms with Gasteiger partial charge in [0, 0.05) is 6.07 Å². The van der Waals surface area contributed by atoms with Crippen LogP contribution >= 0.6 is 27.5 Å². The molecule has 16 heavy (non-hydrogen) atoms. The Morgan fingerprint density at radius 2 is 2.31 bits per heavy atom. The van der Waals surface area contributed by atoms with E-state index in [1.54, 1.807) is 13.2 Å². The van der Waals surface area contributed by atoms with E-state index in [9.17, 15) is 0 Å². The van der Waals surface area contributed by atoms with Gasteiger partial charge in [-0.3, -0.25) is 0 Å². The first-order chi connectivity index (χ1) is 7.76. The molecule has 0 fully saturated rings. The Kier molecular flexibility index (Phi) is 3.51. The lowest BCUT2D eigenvalue weighted by atomic mass is 10.1. The number of ether oxygens (including phenoxy) is 1. The van der Waals surface area contributed by atoms with E-state index in [4.69, 9.17) is 20.9 Å². The topological polar surface area (TPSA) is 35.3 Å². The summed E-state index contributed by atoms with van der Waals surface area (Å²) in [5, 5.41) is 5.17. The van der Waals surface area contributed by atoms with Crippen LogP contribution < -0.4 is 4.74 Å². The zero-order valence-electron chi connectivity index (χ0n) is 8.54. The fraction of sp³-hybridized carbons (Fsp3) is 0.182. The lowest BCUT2D eigenvalue weighted by Gasteiger charge is -2.06. The van der Waals surface area contributed by atoms with Crippen molar-refractivity contribution in [2.24, 2.45) is 0 Å². The van der Waals surface area contributed by atoms with E-state index in [1.807, 2.05) is 18.2 Å². The Bertz CT molecular complexity index is 498. The molecule has 1 aromatic carbocycles. The number of alkyl halides is 1. The van der Waals surface area contributed by atoms with Gasteiger partial charge in [-0.05, 0) is 12.1 Å². The molecular weight excluding hydrogens is 293 g/mol. The molecule has 0 bridgehead atoms. The lowest BCUT2D eigenvalue weighted by molar-refractivity contribution is 0.395. The van der Waals surface area contributed by atoms with E-state index in [0.29, 0.717) is 21.8 Å². The van der Waals surface area contributed by atoms with Crippen molar-refractivity contribution < 1.29 is 9.26 Å². The molecule has 0 N–H and O–H groups in total. The molecule has 2 rings (SSSR count). The van der Waals surface area contributed by atoms with E-state index < -0.39 is 0 Å². The lowest BCUT2D eigenvalue weighted by Crippen LogP contribution is -1.88. The minimum absolute atomic E-state index is 0.591. The van der Waals surface area contributed by atoms with Crippen molar-refractivity contribution in [2.75, 3.05) is 7.11 Å². The van der Waals surface area contributed by atoms with Gasteiger partial charge in [0.05, 0.1) is 23.0 Å². The first kappa shape index (κ1) is 11.5. The second-order valence-corrected chi connectivity index (χ2v) is 4.10. The molecule has 0 aliphatic carbocycles. The monoisotopic (exact) mass is 301 g/mol. The molecular formula is C11H9BrClNO2. The normalized spacial score (nSPS) is 10.4. The van der Waals surface area contributed by atoms with Gasteiger partial charge in [-0.2, -0.15) is 0 Å². The number of halogens is 2. The molecule has 0 radical (unpaired) electrons. The summed E-state index contributed by atoms with van der Waals surface area (Å²) in [6.07, 6.45) is 0. The SMILES string of the molecule is COc1cccc(Cl)c1-c1cc(CBr)on1. The highest BCUT2D eigenvalue weighted by atomic mass is 79.9. The number of aromatic nitrogens is 1. The van der Waals surface area contributed by atoms with Crippen LogP contribution in [-0.4, -0.2) is 12.3 Å². The van der Waals surface area contributed by atoms with Crippen molar-refractivity contribution >= 4 is 27.5 Å². The highest BCUT2D eigenvalue weighted by Gasteiger charge is 2.14. The van der Waals surface area contributed by atoms with Gasteiger partial charge in [0.25, 0.3) is 0 Å². The minimum Gasteiger partial charge on any atom is -0.496 e. The third-order valence-electron chi connectivity index (χ3n) is 2.14.